The molecule has 2 heterocycles. The predicted molar refractivity (Wildman–Crippen MR) is 80.3 cm³/mol. The highest BCUT2D eigenvalue weighted by Gasteiger charge is 2.07. The monoisotopic (exact) mass is 274 g/mol. The topological polar surface area (TPSA) is 52.0 Å². The van der Waals surface area contributed by atoms with Crippen LogP contribution in [-0.4, -0.2) is 27.7 Å². The molecule has 0 aliphatic rings. The van der Waals surface area contributed by atoms with Crippen LogP contribution in [0.3, 0.4) is 0 Å². The molecule has 108 valence electrons. The maximum atomic E-state index is 5.38. The molecule has 0 unspecified atom stereocenters. The van der Waals surface area contributed by atoms with Crippen LogP contribution in [-0.2, 0) is 11.3 Å². The van der Waals surface area contributed by atoms with Gasteiger partial charge in [0.15, 0.2) is 0 Å². The maximum Gasteiger partial charge on any atom is 0.207 e. The summed E-state index contributed by atoms with van der Waals surface area (Å²) in [6.07, 6.45) is 6.65. The van der Waals surface area contributed by atoms with Crippen LogP contribution in [0.1, 0.15) is 24.6 Å². The van der Waals surface area contributed by atoms with Crippen molar-refractivity contribution < 1.29 is 4.74 Å². The van der Waals surface area contributed by atoms with Gasteiger partial charge in [0, 0.05) is 32.2 Å². The van der Waals surface area contributed by atoms with Crippen molar-refractivity contribution in [3.63, 3.8) is 0 Å². The molecule has 0 bridgehead atoms. The van der Waals surface area contributed by atoms with Crippen LogP contribution in [0.4, 0.5) is 11.6 Å². The van der Waals surface area contributed by atoms with E-state index in [1.807, 2.05) is 26.1 Å². The molecule has 0 fully saturated rings. The third-order valence-corrected chi connectivity index (χ3v) is 3.07. The minimum atomic E-state index is 0.767. The Labute approximate surface area is 120 Å². The minimum absolute atomic E-state index is 0.767. The van der Waals surface area contributed by atoms with E-state index in [4.69, 9.17) is 4.74 Å². The summed E-state index contributed by atoms with van der Waals surface area (Å²) >= 11 is 0. The van der Waals surface area contributed by atoms with Gasteiger partial charge in [-0.05, 0) is 38.8 Å². The van der Waals surface area contributed by atoms with E-state index >= 15 is 0 Å². The first-order valence-corrected chi connectivity index (χ1v) is 7.00. The molecule has 0 radical (unpaired) electrons. The number of rotatable bonds is 7. The lowest BCUT2D eigenvalue weighted by atomic mass is 10.2. The molecule has 2 rings (SSSR count). The predicted octanol–water partition coefficient (Wildman–Crippen LogP) is 3.07. The van der Waals surface area contributed by atoms with E-state index in [-0.39, 0.29) is 0 Å². The number of imidazole rings is 1. The van der Waals surface area contributed by atoms with E-state index in [0.29, 0.717) is 0 Å². The van der Waals surface area contributed by atoms with Crippen LogP contribution >= 0.6 is 0 Å². The van der Waals surface area contributed by atoms with Gasteiger partial charge in [-0.15, -0.1) is 0 Å². The zero-order chi connectivity index (χ0) is 14.4. The lowest BCUT2D eigenvalue weighted by Crippen LogP contribution is -2.06. The van der Waals surface area contributed by atoms with E-state index in [0.717, 1.165) is 49.1 Å². The Kier molecular flexibility index (Phi) is 5.12. The number of hydrogen-bond acceptors (Lipinski definition) is 4. The van der Waals surface area contributed by atoms with E-state index in [2.05, 4.69) is 33.0 Å². The highest BCUT2D eigenvalue weighted by atomic mass is 16.5. The van der Waals surface area contributed by atoms with Crippen molar-refractivity contribution in [3.8, 4) is 0 Å². The van der Waals surface area contributed by atoms with E-state index < -0.39 is 0 Å². The Hall–Kier alpha value is -1.88. The molecule has 2 aromatic heterocycles. The summed E-state index contributed by atoms with van der Waals surface area (Å²) in [5, 5.41) is 3.35. The fourth-order valence-electron chi connectivity index (χ4n) is 2.01. The Morgan fingerprint density at radius 2 is 2.20 bits per heavy atom. The summed E-state index contributed by atoms with van der Waals surface area (Å²) in [4.78, 5) is 8.67. The Bertz CT molecular complexity index is 551. The van der Waals surface area contributed by atoms with Gasteiger partial charge in [-0.3, -0.25) is 4.98 Å². The summed E-state index contributed by atoms with van der Waals surface area (Å²) in [6.45, 7) is 8.50. The molecule has 1 N–H and O–H groups in total. The van der Waals surface area contributed by atoms with E-state index in [9.17, 15) is 0 Å². The van der Waals surface area contributed by atoms with Crippen LogP contribution in [0.5, 0.6) is 0 Å². The molecule has 0 saturated carbocycles. The molecule has 0 aliphatic carbocycles. The Morgan fingerprint density at radius 3 is 2.95 bits per heavy atom. The molecule has 20 heavy (non-hydrogen) atoms. The smallest absolute Gasteiger partial charge is 0.207 e. The van der Waals surface area contributed by atoms with Crippen molar-refractivity contribution in [2.75, 3.05) is 18.5 Å². The van der Waals surface area contributed by atoms with Gasteiger partial charge in [0.05, 0.1) is 17.6 Å². The van der Waals surface area contributed by atoms with Crippen LogP contribution in [0.25, 0.3) is 0 Å². The second-order valence-corrected chi connectivity index (χ2v) is 4.77. The molecule has 0 atom stereocenters. The van der Waals surface area contributed by atoms with Gasteiger partial charge in [-0.2, -0.15) is 0 Å². The fourth-order valence-corrected chi connectivity index (χ4v) is 2.01. The van der Waals surface area contributed by atoms with Crippen LogP contribution in [0.2, 0.25) is 0 Å². The van der Waals surface area contributed by atoms with Crippen LogP contribution in [0.15, 0.2) is 24.7 Å². The summed E-state index contributed by atoms with van der Waals surface area (Å²) in [5.74, 6) is 0.857. The fraction of sp³-hybridized carbons (Fsp3) is 0.467. The summed E-state index contributed by atoms with van der Waals surface area (Å²) in [7, 11) is 0. The lowest BCUT2D eigenvalue weighted by molar-refractivity contribution is 0.142. The number of ether oxygens (including phenoxy) is 1. The number of aryl methyl sites for hydroxylation is 3. The highest BCUT2D eigenvalue weighted by Crippen LogP contribution is 2.19. The molecule has 2 aromatic rings. The average molecular weight is 274 g/mol. The van der Waals surface area contributed by atoms with Gasteiger partial charge in [0.1, 0.15) is 0 Å². The number of nitrogens with zero attached hydrogens (tertiary/aromatic N) is 3. The summed E-state index contributed by atoms with van der Waals surface area (Å²) in [5.41, 5.74) is 3.15. The summed E-state index contributed by atoms with van der Waals surface area (Å²) in [6, 6.07) is 1.98. The molecule has 0 aromatic carbocycles. The minimum Gasteiger partial charge on any atom is -0.382 e. The van der Waals surface area contributed by atoms with Gasteiger partial charge in [-0.1, -0.05) is 0 Å². The maximum absolute atomic E-state index is 5.38. The SMILES string of the molecule is CCOCCCn1cc(C)nc1Nc1cnccc1C. The zero-order valence-electron chi connectivity index (χ0n) is 12.4. The third kappa shape index (κ3) is 3.81. The van der Waals surface area contributed by atoms with Crippen molar-refractivity contribution in [3.05, 3.63) is 35.9 Å². The van der Waals surface area contributed by atoms with Gasteiger partial charge >= 0.3 is 0 Å². The first kappa shape index (κ1) is 14.5. The standard InChI is InChI=1S/C15H22N4O/c1-4-20-9-5-8-19-11-13(3)17-15(19)18-14-10-16-7-6-12(14)2/h6-7,10-11H,4-5,8-9H2,1-3H3,(H,17,18). The van der Waals surface area contributed by atoms with Crippen LogP contribution < -0.4 is 5.32 Å². The number of nitrogens with one attached hydrogen (secondary N) is 1. The van der Waals surface area contributed by atoms with Crippen molar-refractivity contribution in [2.45, 2.75) is 33.7 Å². The number of hydrogen-bond donors (Lipinski definition) is 1. The van der Waals surface area contributed by atoms with Gasteiger partial charge in [0.2, 0.25) is 5.95 Å². The zero-order valence-corrected chi connectivity index (χ0v) is 12.4. The van der Waals surface area contributed by atoms with Crippen molar-refractivity contribution in [1.82, 2.24) is 14.5 Å². The third-order valence-electron chi connectivity index (χ3n) is 3.07. The molecule has 5 heteroatoms. The normalized spacial score (nSPS) is 10.8. The molecule has 0 saturated heterocycles. The van der Waals surface area contributed by atoms with Crippen molar-refractivity contribution in [1.29, 1.82) is 0 Å². The number of anilines is 2. The molecule has 0 aliphatic heterocycles. The Balaban J connectivity index is 2.06. The van der Waals surface area contributed by atoms with Gasteiger partial charge in [-0.25, -0.2) is 4.98 Å². The van der Waals surface area contributed by atoms with Gasteiger partial charge < -0.3 is 14.6 Å². The molecule has 0 spiro atoms. The first-order valence-electron chi connectivity index (χ1n) is 7.00. The number of pyridine rings is 1. The molecular weight excluding hydrogens is 252 g/mol. The second-order valence-electron chi connectivity index (χ2n) is 4.77. The van der Waals surface area contributed by atoms with E-state index in [1.54, 1.807) is 6.20 Å². The van der Waals surface area contributed by atoms with Gasteiger partial charge in [0.25, 0.3) is 0 Å². The molecular formula is C15H22N4O. The van der Waals surface area contributed by atoms with Crippen molar-refractivity contribution in [2.24, 2.45) is 0 Å². The van der Waals surface area contributed by atoms with Crippen molar-refractivity contribution >= 4 is 11.6 Å². The summed E-state index contributed by atoms with van der Waals surface area (Å²) < 4.78 is 7.50. The first-order chi connectivity index (χ1) is 9.70. The number of aromatic nitrogens is 3. The largest absolute Gasteiger partial charge is 0.382 e. The Morgan fingerprint density at radius 1 is 1.35 bits per heavy atom. The quantitative estimate of drug-likeness (QED) is 0.788. The average Bonchev–Trinajstić information content (AvgIpc) is 2.78. The lowest BCUT2D eigenvalue weighted by Gasteiger charge is -2.11. The van der Waals surface area contributed by atoms with E-state index in [1.165, 1.54) is 0 Å². The second kappa shape index (κ2) is 7.05. The molecule has 0 amide bonds. The van der Waals surface area contributed by atoms with Crippen LogP contribution in [0, 0.1) is 13.8 Å². The molecule has 5 nitrogen and oxygen atoms in total. The highest BCUT2D eigenvalue weighted by molar-refractivity contribution is 5.57.